The van der Waals surface area contributed by atoms with E-state index >= 15 is 0 Å². The summed E-state index contributed by atoms with van der Waals surface area (Å²) in [5.74, 6) is 0. The monoisotopic (exact) mass is 153 g/mol. The van der Waals surface area contributed by atoms with Gasteiger partial charge in [0, 0.05) is 36.8 Å². The Balaban J connectivity index is 3.25. The lowest BCUT2D eigenvalue weighted by Crippen LogP contribution is -2.38. The van der Waals surface area contributed by atoms with Crippen molar-refractivity contribution in [2.75, 3.05) is 0 Å². The molecule has 0 unspecified atom stereocenters. The van der Waals surface area contributed by atoms with Crippen LogP contribution in [0.5, 0.6) is 0 Å². The second-order valence-corrected chi connectivity index (χ2v) is 2.60. The van der Waals surface area contributed by atoms with Crippen molar-refractivity contribution in [3.63, 3.8) is 0 Å². The van der Waals surface area contributed by atoms with Crippen molar-refractivity contribution in [3.8, 4) is 0 Å². The number of aryl methyl sites for hydroxylation is 1. The molecule has 0 bridgehead atoms. The Morgan fingerprint density at radius 2 is 2.09 bits per heavy atom. The summed E-state index contributed by atoms with van der Waals surface area (Å²) < 4.78 is 1.15. The number of rotatable bonds is 1. The van der Waals surface area contributed by atoms with E-state index in [0.717, 1.165) is 21.7 Å². The van der Waals surface area contributed by atoms with Crippen LogP contribution >= 0.6 is 0 Å². The average molecular weight is 153 g/mol. The molecule has 3 heteroatoms. The first kappa shape index (κ1) is 8.01. The molecule has 0 spiro atoms. The van der Waals surface area contributed by atoms with E-state index in [9.17, 15) is 5.21 Å². The van der Waals surface area contributed by atoms with Crippen LogP contribution in [0.4, 0.5) is 0 Å². The average Bonchev–Trinajstić information content (AvgIpc) is 2.01. The van der Waals surface area contributed by atoms with Gasteiger partial charge < -0.3 is 5.73 Å². The molecular weight excluding hydrogens is 140 g/mol. The van der Waals surface area contributed by atoms with E-state index in [0.29, 0.717) is 6.54 Å². The highest BCUT2D eigenvalue weighted by Crippen LogP contribution is 2.01. The summed E-state index contributed by atoms with van der Waals surface area (Å²) in [5.41, 5.74) is 8.05. The first-order valence-corrected chi connectivity index (χ1v) is 3.57. The maximum atomic E-state index is 9.38. The molecule has 1 aromatic heterocycles. The van der Waals surface area contributed by atoms with Crippen LogP contribution in [-0.4, -0.2) is 5.21 Å². The highest BCUT2D eigenvalue weighted by atomic mass is 16.5. The standard InChI is InChI=1S/C8H13N2O/c1-6-3-4-8(5-9)7(2)10(6)11/h3-4,11H,5,9H2,1-2H3/q+1. The number of aromatic nitrogens is 1. The van der Waals surface area contributed by atoms with E-state index in [4.69, 9.17) is 5.73 Å². The summed E-state index contributed by atoms with van der Waals surface area (Å²) in [7, 11) is 0. The van der Waals surface area contributed by atoms with Crippen molar-refractivity contribution in [1.82, 2.24) is 0 Å². The van der Waals surface area contributed by atoms with Crippen LogP contribution in [0.3, 0.4) is 0 Å². The van der Waals surface area contributed by atoms with Gasteiger partial charge in [0.05, 0.1) is 0 Å². The molecule has 3 N–H and O–H groups in total. The summed E-state index contributed by atoms with van der Waals surface area (Å²) in [6.07, 6.45) is 0. The molecule has 0 radical (unpaired) electrons. The third-order valence-corrected chi connectivity index (χ3v) is 1.86. The maximum Gasteiger partial charge on any atom is 0.235 e. The van der Waals surface area contributed by atoms with Crippen molar-refractivity contribution in [2.45, 2.75) is 20.4 Å². The predicted molar refractivity (Wildman–Crippen MR) is 41.2 cm³/mol. The normalized spacial score (nSPS) is 10.1. The summed E-state index contributed by atoms with van der Waals surface area (Å²) >= 11 is 0. The molecule has 0 aromatic carbocycles. The predicted octanol–water partition coefficient (Wildman–Crippen LogP) is 0.287. The van der Waals surface area contributed by atoms with Gasteiger partial charge in [-0.25, -0.2) is 0 Å². The van der Waals surface area contributed by atoms with E-state index in [1.165, 1.54) is 0 Å². The second-order valence-electron chi connectivity index (χ2n) is 2.60. The quantitative estimate of drug-likeness (QED) is 0.450. The van der Waals surface area contributed by atoms with Crippen molar-refractivity contribution in [3.05, 3.63) is 29.1 Å². The Morgan fingerprint density at radius 3 is 2.64 bits per heavy atom. The van der Waals surface area contributed by atoms with Gasteiger partial charge in [-0.3, -0.25) is 5.21 Å². The lowest BCUT2D eigenvalue weighted by Gasteiger charge is -1.98. The van der Waals surface area contributed by atoms with Gasteiger partial charge in [0.25, 0.3) is 0 Å². The Morgan fingerprint density at radius 1 is 1.45 bits per heavy atom. The van der Waals surface area contributed by atoms with E-state index in [1.54, 1.807) is 0 Å². The molecule has 0 saturated carbocycles. The van der Waals surface area contributed by atoms with E-state index in [-0.39, 0.29) is 0 Å². The molecule has 0 fully saturated rings. The van der Waals surface area contributed by atoms with E-state index in [2.05, 4.69) is 0 Å². The number of hydrogen-bond donors (Lipinski definition) is 2. The summed E-state index contributed by atoms with van der Waals surface area (Å²) in [6, 6.07) is 3.77. The largest absolute Gasteiger partial charge is 0.326 e. The minimum Gasteiger partial charge on any atom is -0.326 e. The molecule has 60 valence electrons. The number of nitrogens with two attached hydrogens (primary N) is 1. The number of nitrogens with zero attached hydrogens (tertiary/aromatic N) is 1. The van der Waals surface area contributed by atoms with Gasteiger partial charge in [-0.05, 0) is 6.07 Å². The minimum atomic E-state index is 0.465. The van der Waals surface area contributed by atoms with Crippen molar-refractivity contribution >= 4 is 0 Å². The summed E-state index contributed by atoms with van der Waals surface area (Å²) in [5, 5.41) is 9.38. The molecule has 0 aliphatic rings. The first-order valence-electron chi connectivity index (χ1n) is 3.57. The zero-order valence-corrected chi connectivity index (χ0v) is 6.83. The second kappa shape index (κ2) is 2.88. The smallest absolute Gasteiger partial charge is 0.235 e. The Hall–Kier alpha value is -1.09. The highest BCUT2D eigenvalue weighted by Gasteiger charge is 2.12. The van der Waals surface area contributed by atoms with Crippen LogP contribution in [0.2, 0.25) is 0 Å². The zero-order valence-electron chi connectivity index (χ0n) is 6.83. The van der Waals surface area contributed by atoms with Crippen molar-refractivity contribution < 1.29 is 9.94 Å². The van der Waals surface area contributed by atoms with Crippen LogP contribution in [0.1, 0.15) is 17.0 Å². The third-order valence-electron chi connectivity index (χ3n) is 1.86. The lowest BCUT2D eigenvalue weighted by molar-refractivity contribution is -0.913. The van der Waals surface area contributed by atoms with Crippen LogP contribution < -0.4 is 10.5 Å². The molecule has 0 saturated heterocycles. The fourth-order valence-corrected chi connectivity index (χ4v) is 1.03. The van der Waals surface area contributed by atoms with Crippen LogP contribution in [0.25, 0.3) is 0 Å². The van der Waals surface area contributed by atoms with Gasteiger partial charge in [-0.2, -0.15) is 0 Å². The van der Waals surface area contributed by atoms with Gasteiger partial charge in [0.1, 0.15) is 0 Å². The molecule has 0 aliphatic carbocycles. The van der Waals surface area contributed by atoms with Crippen molar-refractivity contribution in [2.24, 2.45) is 5.73 Å². The zero-order chi connectivity index (χ0) is 8.43. The summed E-state index contributed by atoms with van der Waals surface area (Å²) in [4.78, 5) is 0. The van der Waals surface area contributed by atoms with E-state index < -0.39 is 0 Å². The summed E-state index contributed by atoms with van der Waals surface area (Å²) in [6.45, 7) is 4.15. The molecule has 1 heterocycles. The maximum absolute atomic E-state index is 9.38. The Kier molecular flexibility index (Phi) is 2.10. The van der Waals surface area contributed by atoms with Crippen LogP contribution in [0, 0.1) is 13.8 Å². The first-order chi connectivity index (χ1) is 5.16. The number of hydrogen-bond acceptors (Lipinski definition) is 2. The topological polar surface area (TPSA) is 50.1 Å². The van der Waals surface area contributed by atoms with E-state index in [1.807, 2.05) is 26.0 Å². The minimum absolute atomic E-state index is 0.465. The van der Waals surface area contributed by atoms with Gasteiger partial charge in [-0.15, -0.1) is 0 Å². The molecule has 3 nitrogen and oxygen atoms in total. The molecule has 11 heavy (non-hydrogen) atoms. The van der Waals surface area contributed by atoms with Crippen LogP contribution in [0.15, 0.2) is 12.1 Å². The molecular formula is C8H13N2O+. The van der Waals surface area contributed by atoms with Gasteiger partial charge in [0.15, 0.2) is 0 Å². The van der Waals surface area contributed by atoms with Crippen LogP contribution in [-0.2, 0) is 6.54 Å². The fourth-order valence-electron chi connectivity index (χ4n) is 1.03. The van der Waals surface area contributed by atoms with Gasteiger partial charge >= 0.3 is 0 Å². The van der Waals surface area contributed by atoms with Crippen molar-refractivity contribution in [1.29, 1.82) is 0 Å². The molecule has 1 rings (SSSR count). The Labute approximate surface area is 66.0 Å². The molecule has 0 aliphatic heterocycles. The SMILES string of the molecule is Cc1ccc(CN)c(C)[n+]1O. The molecule has 1 aromatic rings. The lowest BCUT2D eigenvalue weighted by atomic mass is 10.2. The molecule has 0 atom stereocenters. The number of pyridine rings is 1. The third kappa shape index (κ3) is 1.33. The fraction of sp³-hybridized carbons (Fsp3) is 0.375. The Bertz CT molecular complexity index is 271. The molecule has 0 amide bonds. The highest BCUT2D eigenvalue weighted by molar-refractivity contribution is 5.15. The van der Waals surface area contributed by atoms with Gasteiger partial charge in [-0.1, -0.05) is 0 Å². The van der Waals surface area contributed by atoms with Gasteiger partial charge in [0.2, 0.25) is 11.4 Å².